The van der Waals surface area contributed by atoms with E-state index in [0.29, 0.717) is 52.6 Å². The monoisotopic (exact) mass is 398 g/mol. The van der Waals surface area contributed by atoms with Gasteiger partial charge in [-0.1, -0.05) is 35.3 Å². The van der Waals surface area contributed by atoms with Crippen LogP contribution >= 0.6 is 23.2 Å². The standard InChI is InChI=1S/C18H20Cl2N2O4/c1-24-16-11-14(17(25-2)10-13(16)20)22-18(23)21-8-5-9-26-15-7-4-3-6-12(15)19/h3-4,6-7,10-11H,5,8-9H2,1-2H3,(H2,21,22,23). The van der Waals surface area contributed by atoms with Crippen molar-refractivity contribution in [1.29, 1.82) is 0 Å². The molecule has 0 spiro atoms. The van der Waals surface area contributed by atoms with E-state index >= 15 is 0 Å². The van der Waals surface area contributed by atoms with E-state index in [4.69, 9.17) is 37.4 Å². The number of carbonyl (C=O) groups excluding carboxylic acids is 1. The quantitative estimate of drug-likeness (QED) is 0.637. The van der Waals surface area contributed by atoms with Gasteiger partial charge in [-0.3, -0.25) is 0 Å². The second kappa shape index (κ2) is 9.99. The third kappa shape index (κ3) is 5.61. The Bertz CT molecular complexity index is 756. The molecule has 0 saturated carbocycles. The molecule has 140 valence electrons. The fraction of sp³-hybridized carbons (Fsp3) is 0.278. The minimum atomic E-state index is -0.370. The van der Waals surface area contributed by atoms with E-state index < -0.39 is 0 Å². The summed E-state index contributed by atoms with van der Waals surface area (Å²) in [6, 6.07) is 10.0. The molecule has 2 rings (SSSR count). The van der Waals surface area contributed by atoms with E-state index in [1.807, 2.05) is 12.1 Å². The van der Waals surface area contributed by atoms with Gasteiger partial charge in [0.2, 0.25) is 0 Å². The lowest BCUT2D eigenvalue weighted by Gasteiger charge is -2.14. The first-order valence-electron chi connectivity index (χ1n) is 7.89. The summed E-state index contributed by atoms with van der Waals surface area (Å²) in [6.45, 7) is 0.866. The van der Waals surface area contributed by atoms with Gasteiger partial charge in [0.05, 0.1) is 36.6 Å². The third-order valence-electron chi connectivity index (χ3n) is 3.42. The van der Waals surface area contributed by atoms with Crippen LogP contribution in [0.5, 0.6) is 17.2 Å². The van der Waals surface area contributed by atoms with Crippen LogP contribution in [0.2, 0.25) is 10.0 Å². The number of halogens is 2. The molecule has 2 aromatic carbocycles. The van der Waals surface area contributed by atoms with Gasteiger partial charge < -0.3 is 24.8 Å². The highest BCUT2D eigenvalue weighted by Gasteiger charge is 2.12. The number of urea groups is 1. The highest BCUT2D eigenvalue weighted by Crippen LogP contribution is 2.35. The average molecular weight is 399 g/mol. The van der Waals surface area contributed by atoms with Crippen molar-refractivity contribution in [2.75, 3.05) is 32.7 Å². The SMILES string of the molecule is COc1cc(NC(=O)NCCCOc2ccccc2Cl)c(OC)cc1Cl. The highest BCUT2D eigenvalue weighted by atomic mass is 35.5. The first-order valence-corrected chi connectivity index (χ1v) is 8.64. The highest BCUT2D eigenvalue weighted by molar-refractivity contribution is 6.32. The summed E-state index contributed by atoms with van der Waals surface area (Å²) in [7, 11) is 2.99. The first-order chi connectivity index (χ1) is 12.5. The molecule has 6 nitrogen and oxygen atoms in total. The Morgan fingerprint density at radius 2 is 1.73 bits per heavy atom. The van der Waals surface area contributed by atoms with Gasteiger partial charge in [-0.25, -0.2) is 4.79 Å². The van der Waals surface area contributed by atoms with Crippen LogP contribution in [0.3, 0.4) is 0 Å². The van der Waals surface area contributed by atoms with Gasteiger partial charge in [0.15, 0.2) is 0 Å². The molecule has 0 aliphatic heterocycles. The fourth-order valence-electron chi connectivity index (χ4n) is 2.14. The van der Waals surface area contributed by atoms with Crippen LogP contribution < -0.4 is 24.8 Å². The van der Waals surface area contributed by atoms with Crippen molar-refractivity contribution in [3.8, 4) is 17.2 Å². The molecule has 0 fully saturated rings. The van der Waals surface area contributed by atoms with Crippen LogP contribution in [0.15, 0.2) is 36.4 Å². The molecule has 0 saturated heterocycles. The zero-order chi connectivity index (χ0) is 18.9. The summed E-state index contributed by atoms with van der Waals surface area (Å²) in [5, 5.41) is 6.40. The van der Waals surface area contributed by atoms with Gasteiger partial charge in [0.25, 0.3) is 0 Å². The second-order valence-corrected chi connectivity index (χ2v) is 6.01. The van der Waals surface area contributed by atoms with Gasteiger partial charge in [-0.2, -0.15) is 0 Å². The Balaban J connectivity index is 1.79. The number of carbonyl (C=O) groups is 1. The number of anilines is 1. The van der Waals surface area contributed by atoms with Crippen LogP contribution in [0.25, 0.3) is 0 Å². The Hall–Kier alpha value is -2.31. The molecular weight excluding hydrogens is 379 g/mol. The summed E-state index contributed by atoms with van der Waals surface area (Å²) in [4.78, 5) is 12.0. The van der Waals surface area contributed by atoms with Crippen molar-refractivity contribution in [1.82, 2.24) is 5.32 Å². The van der Waals surface area contributed by atoms with Crippen molar-refractivity contribution in [3.05, 3.63) is 46.4 Å². The number of nitrogens with one attached hydrogen (secondary N) is 2. The van der Waals surface area contributed by atoms with Crippen molar-refractivity contribution >= 4 is 34.9 Å². The number of ether oxygens (including phenoxy) is 3. The largest absolute Gasteiger partial charge is 0.495 e. The Morgan fingerprint density at radius 3 is 2.42 bits per heavy atom. The van der Waals surface area contributed by atoms with E-state index in [0.717, 1.165) is 0 Å². The molecule has 0 aromatic heterocycles. The number of rotatable bonds is 8. The molecule has 0 aliphatic carbocycles. The molecule has 2 amide bonds. The van der Waals surface area contributed by atoms with E-state index in [9.17, 15) is 4.79 Å². The zero-order valence-corrected chi connectivity index (χ0v) is 16.0. The van der Waals surface area contributed by atoms with Crippen LogP contribution in [0.4, 0.5) is 10.5 Å². The summed E-state index contributed by atoms with van der Waals surface area (Å²) in [5.41, 5.74) is 0.457. The molecular formula is C18H20Cl2N2O4. The number of benzene rings is 2. The van der Waals surface area contributed by atoms with Gasteiger partial charge in [-0.05, 0) is 18.6 Å². The van der Waals surface area contributed by atoms with Crippen LogP contribution in [-0.4, -0.2) is 33.4 Å². The molecule has 8 heteroatoms. The van der Waals surface area contributed by atoms with Crippen molar-refractivity contribution in [2.24, 2.45) is 0 Å². The molecule has 2 aromatic rings. The molecule has 0 radical (unpaired) electrons. The van der Waals surface area contributed by atoms with E-state index in [-0.39, 0.29) is 6.03 Å². The zero-order valence-electron chi connectivity index (χ0n) is 14.5. The van der Waals surface area contributed by atoms with E-state index in [2.05, 4.69) is 10.6 Å². The summed E-state index contributed by atoms with van der Waals surface area (Å²) >= 11 is 12.0. The van der Waals surface area contributed by atoms with Gasteiger partial charge in [0, 0.05) is 18.7 Å². The maximum absolute atomic E-state index is 12.0. The lowest BCUT2D eigenvalue weighted by Crippen LogP contribution is -2.30. The summed E-state index contributed by atoms with van der Waals surface area (Å²) in [5.74, 6) is 1.50. The number of methoxy groups -OCH3 is 2. The first kappa shape index (κ1) is 20.0. The van der Waals surface area contributed by atoms with Crippen LogP contribution in [0.1, 0.15) is 6.42 Å². The number of amides is 2. The minimum Gasteiger partial charge on any atom is -0.495 e. The minimum absolute atomic E-state index is 0.370. The molecule has 0 atom stereocenters. The van der Waals surface area contributed by atoms with Crippen LogP contribution in [-0.2, 0) is 0 Å². The maximum atomic E-state index is 12.0. The average Bonchev–Trinajstić information content (AvgIpc) is 2.64. The molecule has 0 bridgehead atoms. The molecule has 0 heterocycles. The Kier molecular flexibility index (Phi) is 7.69. The smallest absolute Gasteiger partial charge is 0.319 e. The van der Waals surface area contributed by atoms with Gasteiger partial charge >= 0.3 is 6.03 Å². The number of para-hydroxylation sites is 1. The normalized spacial score (nSPS) is 10.2. The van der Waals surface area contributed by atoms with Crippen molar-refractivity contribution < 1.29 is 19.0 Å². The summed E-state index contributed by atoms with van der Waals surface area (Å²) < 4.78 is 15.9. The predicted molar refractivity (Wildman–Crippen MR) is 103 cm³/mol. The number of hydrogen-bond donors (Lipinski definition) is 2. The molecule has 0 unspecified atom stereocenters. The van der Waals surface area contributed by atoms with E-state index in [1.54, 1.807) is 24.3 Å². The number of hydrogen-bond acceptors (Lipinski definition) is 4. The lowest BCUT2D eigenvalue weighted by atomic mass is 10.2. The molecule has 2 N–H and O–H groups in total. The fourth-order valence-corrected chi connectivity index (χ4v) is 2.56. The van der Waals surface area contributed by atoms with Gasteiger partial charge in [0.1, 0.15) is 17.2 Å². The van der Waals surface area contributed by atoms with Crippen molar-refractivity contribution in [3.63, 3.8) is 0 Å². The predicted octanol–water partition coefficient (Wildman–Crippen LogP) is 4.60. The topological polar surface area (TPSA) is 68.8 Å². The lowest BCUT2D eigenvalue weighted by molar-refractivity contribution is 0.250. The Morgan fingerprint density at radius 1 is 1.00 bits per heavy atom. The van der Waals surface area contributed by atoms with Gasteiger partial charge in [-0.15, -0.1) is 0 Å². The van der Waals surface area contributed by atoms with Crippen LogP contribution in [0, 0.1) is 0 Å². The Labute approximate surface area is 162 Å². The molecule has 0 aliphatic rings. The summed E-state index contributed by atoms with van der Waals surface area (Å²) in [6.07, 6.45) is 0.625. The maximum Gasteiger partial charge on any atom is 0.319 e. The second-order valence-electron chi connectivity index (χ2n) is 5.20. The van der Waals surface area contributed by atoms with Crippen molar-refractivity contribution in [2.45, 2.75) is 6.42 Å². The molecule has 26 heavy (non-hydrogen) atoms. The third-order valence-corrected chi connectivity index (χ3v) is 4.03. The van der Waals surface area contributed by atoms with E-state index in [1.165, 1.54) is 14.2 Å².